The summed E-state index contributed by atoms with van der Waals surface area (Å²) in [6.07, 6.45) is 2.26. The third-order valence-corrected chi connectivity index (χ3v) is 8.46. The third kappa shape index (κ3) is 5.75. The molecule has 3 aromatic carbocycles. The van der Waals surface area contributed by atoms with Crippen LogP contribution in [0.2, 0.25) is 5.02 Å². The summed E-state index contributed by atoms with van der Waals surface area (Å²) < 4.78 is 19.7. The molecule has 5 rings (SSSR count). The van der Waals surface area contributed by atoms with Crippen LogP contribution in [0.5, 0.6) is 11.5 Å². The molecule has 1 aliphatic heterocycles. The molecule has 0 saturated heterocycles. The van der Waals surface area contributed by atoms with Crippen LogP contribution in [0.4, 0.5) is 0 Å². The van der Waals surface area contributed by atoms with Crippen LogP contribution < -0.4 is 24.4 Å². The molecule has 4 aromatic rings. The number of thiazole rings is 1. The van der Waals surface area contributed by atoms with Crippen LogP contribution in [0.3, 0.4) is 0 Å². The standard InChI is InChI=1S/C31H26BrClN2O5S/c1-4-23-26(30(37)39-3)27(18-10-6-5-7-11-18)35-29(36)25(41-31(35)34-23)15-20-14-21(32)16-24(38-2)28(20)40-17-19-12-8-9-13-22(19)33/h5-16,27H,4,17H2,1-3H3/b25-15+/t27-/m0/s1. The van der Waals surface area contributed by atoms with Gasteiger partial charge in [-0.1, -0.05) is 94.3 Å². The van der Waals surface area contributed by atoms with Crippen molar-refractivity contribution in [2.24, 2.45) is 4.99 Å². The number of benzene rings is 3. The Bertz CT molecular complexity index is 1830. The summed E-state index contributed by atoms with van der Waals surface area (Å²) in [7, 11) is 2.89. The number of allylic oxidation sites excluding steroid dienone is 1. The average molecular weight is 654 g/mol. The number of rotatable bonds is 8. The van der Waals surface area contributed by atoms with Crippen LogP contribution in [-0.2, 0) is 16.1 Å². The number of fused-ring (bicyclic) bond motifs is 1. The van der Waals surface area contributed by atoms with Crippen LogP contribution in [0.1, 0.15) is 36.1 Å². The van der Waals surface area contributed by atoms with Crippen LogP contribution in [0, 0.1) is 0 Å². The minimum Gasteiger partial charge on any atom is -0.493 e. The fourth-order valence-electron chi connectivity index (χ4n) is 4.72. The van der Waals surface area contributed by atoms with Crippen molar-refractivity contribution in [3.05, 3.63) is 124 Å². The molecule has 0 aliphatic carbocycles. The van der Waals surface area contributed by atoms with Crippen LogP contribution >= 0.6 is 38.9 Å². The van der Waals surface area contributed by atoms with Gasteiger partial charge in [-0.2, -0.15) is 0 Å². The highest BCUT2D eigenvalue weighted by Gasteiger charge is 2.33. The van der Waals surface area contributed by atoms with E-state index < -0.39 is 12.0 Å². The zero-order valence-electron chi connectivity index (χ0n) is 22.5. The summed E-state index contributed by atoms with van der Waals surface area (Å²) in [5.41, 5.74) is 2.89. The molecule has 1 atom stereocenters. The summed E-state index contributed by atoms with van der Waals surface area (Å²) in [6.45, 7) is 2.13. The number of esters is 1. The van der Waals surface area contributed by atoms with Crippen LogP contribution in [0.15, 0.2) is 92.3 Å². The minimum atomic E-state index is -0.676. The first-order chi connectivity index (χ1) is 19.9. The maximum atomic E-state index is 14.0. The molecule has 0 spiro atoms. The van der Waals surface area contributed by atoms with Crippen molar-refractivity contribution < 1.29 is 19.0 Å². The number of aromatic nitrogens is 1. The van der Waals surface area contributed by atoms with Gasteiger partial charge in [0.1, 0.15) is 6.61 Å². The number of hydrogen-bond donors (Lipinski definition) is 0. The number of halogens is 2. The van der Waals surface area contributed by atoms with Gasteiger partial charge in [0.05, 0.1) is 36.1 Å². The second-order valence-electron chi connectivity index (χ2n) is 9.11. The smallest absolute Gasteiger partial charge is 0.338 e. The Hall–Kier alpha value is -3.66. The Morgan fingerprint density at radius 3 is 2.54 bits per heavy atom. The van der Waals surface area contributed by atoms with Gasteiger partial charge in [0.15, 0.2) is 16.3 Å². The maximum Gasteiger partial charge on any atom is 0.338 e. The number of nitrogens with zero attached hydrogens (tertiary/aromatic N) is 2. The van der Waals surface area contributed by atoms with Gasteiger partial charge in [0.25, 0.3) is 5.56 Å². The second-order valence-corrected chi connectivity index (χ2v) is 11.4. The Morgan fingerprint density at radius 2 is 1.85 bits per heavy atom. The Kier molecular flexibility index (Phi) is 8.77. The predicted molar refractivity (Wildman–Crippen MR) is 163 cm³/mol. The monoisotopic (exact) mass is 652 g/mol. The lowest BCUT2D eigenvalue weighted by atomic mass is 9.95. The second kappa shape index (κ2) is 12.5. The quantitative estimate of drug-likeness (QED) is 0.225. The molecular weight excluding hydrogens is 628 g/mol. The van der Waals surface area contributed by atoms with E-state index in [4.69, 9.17) is 30.8 Å². The maximum absolute atomic E-state index is 14.0. The molecule has 1 aromatic heterocycles. The molecule has 41 heavy (non-hydrogen) atoms. The van der Waals surface area contributed by atoms with Crippen LogP contribution in [-0.4, -0.2) is 24.8 Å². The Labute approximate surface area is 254 Å². The van der Waals surface area contributed by atoms with E-state index in [0.717, 1.165) is 15.6 Å². The van der Waals surface area contributed by atoms with E-state index in [1.165, 1.54) is 18.4 Å². The van der Waals surface area contributed by atoms with Gasteiger partial charge < -0.3 is 14.2 Å². The molecule has 0 radical (unpaired) electrons. The zero-order chi connectivity index (χ0) is 29.1. The minimum absolute atomic E-state index is 0.204. The number of methoxy groups -OCH3 is 2. The van der Waals surface area contributed by atoms with Crippen molar-refractivity contribution in [3.8, 4) is 11.5 Å². The van der Waals surface area contributed by atoms with Gasteiger partial charge >= 0.3 is 5.97 Å². The van der Waals surface area contributed by atoms with Crippen LogP contribution in [0.25, 0.3) is 6.08 Å². The lowest BCUT2D eigenvalue weighted by Gasteiger charge is -2.25. The van der Waals surface area contributed by atoms with Gasteiger partial charge in [-0.05, 0) is 36.3 Å². The van der Waals surface area contributed by atoms with E-state index in [-0.39, 0.29) is 12.2 Å². The highest BCUT2D eigenvalue weighted by atomic mass is 79.9. The largest absolute Gasteiger partial charge is 0.493 e. The molecule has 0 amide bonds. The van der Waals surface area contributed by atoms with Gasteiger partial charge in [-0.3, -0.25) is 9.36 Å². The summed E-state index contributed by atoms with van der Waals surface area (Å²) in [6, 6.07) is 19.8. The Morgan fingerprint density at radius 1 is 1.12 bits per heavy atom. The van der Waals surface area contributed by atoms with E-state index in [1.54, 1.807) is 29.9 Å². The normalized spacial score (nSPS) is 14.9. The first-order valence-corrected chi connectivity index (χ1v) is 14.8. The molecule has 0 saturated carbocycles. The molecule has 0 bridgehead atoms. The summed E-state index contributed by atoms with van der Waals surface area (Å²) in [4.78, 5) is 32.3. The van der Waals surface area contributed by atoms with Crippen molar-refractivity contribution in [2.45, 2.75) is 26.0 Å². The summed E-state index contributed by atoms with van der Waals surface area (Å²) in [5, 5.41) is 0.590. The summed E-state index contributed by atoms with van der Waals surface area (Å²) in [5.74, 6) is 0.445. The van der Waals surface area contributed by atoms with E-state index in [9.17, 15) is 9.59 Å². The van der Waals surface area contributed by atoms with Gasteiger partial charge in [-0.25, -0.2) is 9.79 Å². The van der Waals surface area contributed by atoms with E-state index in [1.807, 2.05) is 61.5 Å². The molecule has 0 unspecified atom stereocenters. The zero-order valence-corrected chi connectivity index (χ0v) is 25.7. The Balaban J connectivity index is 1.69. The fraction of sp³-hybridized carbons (Fsp3) is 0.194. The first-order valence-electron chi connectivity index (χ1n) is 12.8. The molecule has 7 nitrogen and oxygen atoms in total. The van der Waals surface area contributed by atoms with Crippen molar-refractivity contribution in [3.63, 3.8) is 0 Å². The lowest BCUT2D eigenvalue weighted by molar-refractivity contribution is -0.136. The predicted octanol–water partition coefficient (Wildman–Crippen LogP) is 5.80. The number of ether oxygens (including phenoxy) is 3. The molecule has 0 N–H and O–H groups in total. The molecule has 0 fully saturated rings. The number of carbonyl (C=O) groups excluding carboxylic acids is 1. The van der Waals surface area contributed by atoms with Crippen molar-refractivity contribution in [2.75, 3.05) is 14.2 Å². The number of carbonyl (C=O) groups is 1. The van der Waals surface area contributed by atoms with Gasteiger partial charge in [0.2, 0.25) is 0 Å². The van der Waals surface area contributed by atoms with E-state index in [2.05, 4.69) is 15.9 Å². The van der Waals surface area contributed by atoms with Crippen molar-refractivity contribution in [1.29, 1.82) is 0 Å². The van der Waals surface area contributed by atoms with Gasteiger partial charge in [-0.15, -0.1) is 0 Å². The number of hydrogen-bond acceptors (Lipinski definition) is 7. The molecule has 2 heterocycles. The molecule has 10 heteroatoms. The van der Waals surface area contributed by atoms with E-state index in [0.29, 0.717) is 49.1 Å². The average Bonchev–Trinajstić information content (AvgIpc) is 3.30. The third-order valence-electron chi connectivity index (χ3n) is 6.65. The fourth-order valence-corrected chi connectivity index (χ4v) is 6.38. The highest BCUT2D eigenvalue weighted by molar-refractivity contribution is 9.10. The van der Waals surface area contributed by atoms with Crippen molar-refractivity contribution >= 4 is 50.9 Å². The molecule has 210 valence electrons. The topological polar surface area (TPSA) is 79.1 Å². The first kappa shape index (κ1) is 28.9. The molecule has 1 aliphatic rings. The molecular formula is C31H26BrClN2O5S. The van der Waals surface area contributed by atoms with E-state index >= 15 is 0 Å². The van der Waals surface area contributed by atoms with Gasteiger partial charge in [0, 0.05) is 20.6 Å². The summed E-state index contributed by atoms with van der Waals surface area (Å²) >= 11 is 11.1. The lowest BCUT2D eigenvalue weighted by Crippen LogP contribution is -2.40. The van der Waals surface area contributed by atoms with Crippen molar-refractivity contribution in [1.82, 2.24) is 4.57 Å². The highest BCUT2D eigenvalue weighted by Crippen LogP contribution is 2.37. The SMILES string of the molecule is CCC1=C(C(=O)OC)[C@H](c2ccccc2)n2c(s/c(=C/c3cc(Br)cc(OC)c3OCc3ccccc3Cl)c2=O)=N1.